The summed E-state index contributed by atoms with van der Waals surface area (Å²) in [6, 6.07) is 10.6. The molecule has 0 amide bonds. The standard InChI is InChI=1S/C18H25N3OS.HI/c1-19-17(20-13-18(22)9-12-23-14-18)21-10-7-16(8-11-21)15-5-3-2-4-6-15;/h2-7,22H,8-14H2,1H3,(H,19,20);1H. The van der Waals surface area contributed by atoms with Crippen LogP contribution >= 0.6 is 35.7 Å². The first kappa shape index (κ1) is 19.6. The quantitative estimate of drug-likeness (QED) is 0.415. The molecule has 2 N–H and O–H groups in total. The van der Waals surface area contributed by atoms with Crippen molar-refractivity contribution in [3.63, 3.8) is 0 Å². The second-order valence-electron chi connectivity index (χ2n) is 6.22. The number of thioether (sulfide) groups is 1. The van der Waals surface area contributed by atoms with E-state index in [0.717, 1.165) is 43.4 Å². The molecule has 4 nitrogen and oxygen atoms in total. The molecule has 0 radical (unpaired) electrons. The Labute approximate surface area is 165 Å². The lowest BCUT2D eigenvalue weighted by Crippen LogP contribution is -2.49. The molecule has 0 aliphatic carbocycles. The summed E-state index contributed by atoms with van der Waals surface area (Å²) in [6.07, 6.45) is 4.16. The first-order valence-electron chi connectivity index (χ1n) is 8.20. The molecule has 0 spiro atoms. The second-order valence-corrected chi connectivity index (χ2v) is 7.32. The van der Waals surface area contributed by atoms with Crippen molar-refractivity contribution in [3.05, 3.63) is 42.0 Å². The van der Waals surface area contributed by atoms with Crippen molar-refractivity contribution >= 4 is 47.3 Å². The molecule has 2 aliphatic rings. The van der Waals surface area contributed by atoms with Crippen LogP contribution in [0.25, 0.3) is 5.57 Å². The Morgan fingerprint density at radius 1 is 1.38 bits per heavy atom. The molecular formula is C18H26IN3OS. The zero-order chi connectivity index (χ0) is 16.1. The van der Waals surface area contributed by atoms with Crippen LogP contribution in [0.3, 0.4) is 0 Å². The first-order chi connectivity index (χ1) is 11.2. The van der Waals surface area contributed by atoms with Crippen LogP contribution in [-0.2, 0) is 0 Å². The number of hydrogen-bond donors (Lipinski definition) is 2. The molecule has 1 aromatic carbocycles. The Morgan fingerprint density at radius 2 is 2.17 bits per heavy atom. The number of aliphatic imine (C=N–C) groups is 1. The number of nitrogens with zero attached hydrogens (tertiary/aromatic N) is 2. The van der Waals surface area contributed by atoms with Crippen LogP contribution in [0.15, 0.2) is 41.4 Å². The van der Waals surface area contributed by atoms with Crippen LogP contribution < -0.4 is 5.32 Å². The lowest BCUT2D eigenvalue weighted by molar-refractivity contribution is 0.0718. The van der Waals surface area contributed by atoms with E-state index in [1.165, 1.54) is 11.1 Å². The smallest absolute Gasteiger partial charge is 0.194 e. The van der Waals surface area contributed by atoms with Gasteiger partial charge in [0, 0.05) is 32.4 Å². The maximum absolute atomic E-state index is 10.5. The summed E-state index contributed by atoms with van der Waals surface area (Å²) in [6.45, 7) is 2.39. The lowest BCUT2D eigenvalue weighted by Gasteiger charge is -2.31. The van der Waals surface area contributed by atoms with Gasteiger partial charge in [-0.15, -0.1) is 24.0 Å². The van der Waals surface area contributed by atoms with Crippen molar-refractivity contribution in [3.8, 4) is 0 Å². The molecule has 1 unspecified atom stereocenters. The van der Waals surface area contributed by atoms with Crippen molar-refractivity contribution in [1.29, 1.82) is 0 Å². The predicted octanol–water partition coefficient (Wildman–Crippen LogP) is 2.84. The topological polar surface area (TPSA) is 47.9 Å². The summed E-state index contributed by atoms with van der Waals surface area (Å²) in [5.74, 6) is 2.75. The largest absolute Gasteiger partial charge is 0.387 e. The Bertz CT molecular complexity index is 585. The number of benzene rings is 1. The third-order valence-corrected chi connectivity index (χ3v) is 5.76. The molecule has 0 saturated carbocycles. The molecule has 0 aromatic heterocycles. The highest BCUT2D eigenvalue weighted by molar-refractivity contribution is 14.0. The van der Waals surface area contributed by atoms with Crippen LogP contribution in [0, 0.1) is 0 Å². The number of guanidine groups is 1. The van der Waals surface area contributed by atoms with E-state index in [-0.39, 0.29) is 24.0 Å². The molecule has 1 aromatic rings. The SMILES string of the molecule is CN=C(NCC1(O)CCSC1)N1CC=C(c2ccccc2)CC1.I. The normalized spacial score (nSPS) is 24.3. The van der Waals surface area contributed by atoms with Gasteiger partial charge in [0.15, 0.2) is 5.96 Å². The van der Waals surface area contributed by atoms with E-state index < -0.39 is 5.60 Å². The lowest BCUT2D eigenvalue weighted by atomic mass is 10.00. The molecule has 24 heavy (non-hydrogen) atoms. The maximum Gasteiger partial charge on any atom is 0.194 e. The Balaban J connectivity index is 0.00000208. The number of rotatable bonds is 3. The first-order valence-corrected chi connectivity index (χ1v) is 9.36. The van der Waals surface area contributed by atoms with Gasteiger partial charge in [-0.25, -0.2) is 0 Å². The molecule has 132 valence electrons. The minimum Gasteiger partial charge on any atom is -0.387 e. The number of nitrogens with one attached hydrogen (secondary N) is 1. The minimum absolute atomic E-state index is 0. The fourth-order valence-corrected chi connectivity index (χ4v) is 4.38. The van der Waals surface area contributed by atoms with E-state index in [2.05, 4.69) is 51.6 Å². The monoisotopic (exact) mass is 459 g/mol. The predicted molar refractivity (Wildman–Crippen MR) is 114 cm³/mol. The third-order valence-electron chi connectivity index (χ3n) is 4.52. The summed E-state index contributed by atoms with van der Waals surface area (Å²) in [4.78, 5) is 6.63. The highest BCUT2D eigenvalue weighted by Gasteiger charge is 2.32. The second kappa shape index (κ2) is 9.10. The summed E-state index contributed by atoms with van der Waals surface area (Å²) in [7, 11) is 1.81. The molecule has 0 bridgehead atoms. The molecule has 1 fully saturated rings. The van der Waals surface area contributed by atoms with Gasteiger partial charge in [0.25, 0.3) is 0 Å². The average Bonchev–Trinajstić information content (AvgIpc) is 3.04. The average molecular weight is 459 g/mol. The van der Waals surface area contributed by atoms with E-state index in [1.54, 1.807) is 0 Å². The van der Waals surface area contributed by atoms with Crippen LogP contribution in [0.4, 0.5) is 0 Å². The molecule has 1 atom stereocenters. The number of hydrogen-bond acceptors (Lipinski definition) is 3. The van der Waals surface area contributed by atoms with Crippen molar-refractivity contribution in [1.82, 2.24) is 10.2 Å². The van der Waals surface area contributed by atoms with Gasteiger partial charge in [-0.3, -0.25) is 4.99 Å². The van der Waals surface area contributed by atoms with E-state index in [9.17, 15) is 5.11 Å². The fourth-order valence-electron chi connectivity index (χ4n) is 3.09. The highest BCUT2D eigenvalue weighted by Crippen LogP contribution is 2.27. The maximum atomic E-state index is 10.5. The molecule has 3 rings (SSSR count). The van der Waals surface area contributed by atoms with Gasteiger partial charge in [-0.2, -0.15) is 11.8 Å². The van der Waals surface area contributed by atoms with E-state index in [1.807, 2.05) is 18.8 Å². The van der Waals surface area contributed by atoms with Crippen LogP contribution in [0.5, 0.6) is 0 Å². The van der Waals surface area contributed by atoms with Gasteiger partial charge >= 0.3 is 0 Å². The summed E-state index contributed by atoms with van der Waals surface area (Å²) in [5.41, 5.74) is 2.14. The molecular weight excluding hydrogens is 433 g/mol. The van der Waals surface area contributed by atoms with Gasteiger partial charge in [-0.1, -0.05) is 36.4 Å². The molecule has 2 heterocycles. The fraction of sp³-hybridized carbons (Fsp3) is 0.500. The molecule has 6 heteroatoms. The van der Waals surface area contributed by atoms with Gasteiger partial charge in [0.1, 0.15) is 0 Å². The summed E-state index contributed by atoms with van der Waals surface area (Å²) in [5, 5.41) is 13.8. The summed E-state index contributed by atoms with van der Waals surface area (Å²) >= 11 is 1.82. The highest BCUT2D eigenvalue weighted by atomic mass is 127. The van der Waals surface area contributed by atoms with E-state index >= 15 is 0 Å². The molecule has 1 saturated heterocycles. The minimum atomic E-state index is -0.582. The van der Waals surface area contributed by atoms with Crippen LogP contribution in [0.2, 0.25) is 0 Å². The Morgan fingerprint density at radius 3 is 2.75 bits per heavy atom. The molecule has 2 aliphatic heterocycles. The van der Waals surface area contributed by atoms with Crippen LogP contribution in [-0.4, -0.2) is 59.8 Å². The van der Waals surface area contributed by atoms with E-state index in [0.29, 0.717) is 6.54 Å². The van der Waals surface area contributed by atoms with Gasteiger partial charge in [0.05, 0.1) is 5.60 Å². The van der Waals surface area contributed by atoms with Gasteiger partial charge < -0.3 is 15.3 Å². The zero-order valence-corrected chi connectivity index (χ0v) is 17.2. The van der Waals surface area contributed by atoms with Crippen molar-refractivity contribution < 1.29 is 5.11 Å². The van der Waals surface area contributed by atoms with Crippen molar-refractivity contribution in [2.24, 2.45) is 4.99 Å². The Kier molecular flexibility index (Phi) is 7.43. The van der Waals surface area contributed by atoms with Crippen molar-refractivity contribution in [2.75, 3.05) is 38.2 Å². The number of halogens is 1. The van der Waals surface area contributed by atoms with E-state index in [4.69, 9.17) is 0 Å². The zero-order valence-electron chi connectivity index (χ0n) is 14.1. The van der Waals surface area contributed by atoms with Gasteiger partial charge in [-0.05, 0) is 29.7 Å². The Hall–Kier alpha value is -0.730. The number of aliphatic hydroxyl groups is 1. The van der Waals surface area contributed by atoms with Crippen molar-refractivity contribution in [2.45, 2.75) is 18.4 Å². The van der Waals surface area contributed by atoms with Gasteiger partial charge in [0.2, 0.25) is 0 Å². The van der Waals surface area contributed by atoms with Crippen LogP contribution in [0.1, 0.15) is 18.4 Å². The summed E-state index contributed by atoms with van der Waals surface area (Å²) < 4.78 is 0. The third kappa shape index (κ3) is 4.89.